The quantitative estimate of drug-likeness (QED) is 0.946. The Kier molecular flexibility index (Phi) is 3.86. The number of aromatic nitrogens is 2. The molecular weight excluding hydrogens is 302 g/mol. The lowest BCUT2D eigenvalue weighted by Gasteiger charge is -2.14. The zero-order chi connectivity index (χ0) is 12.4. The van der Waals surface area contributed by atoms with Gasteiger partial charge in [0.1, 0.15) is 5.82 Å². The number of hydrogen-bond donors (Lipinski definition) is 1. The molecular formula is C12H13BrClN3. The average Bonchev–Trinajstić information content (AvgIpc) is 2.68. The van der Waals surface area contributed by atoms with Gasteiger partial charge in [0.25, 0.3) is 0 Å². The summed E-state index contributed by atoms with van der Waals surface area (Å²) >= 11 is 9.46. The van der Waals surface area contributed by atoms with Crippen molar-refractivity contribution >= 4 is 27.5 Å². The van der Waals surface area contributed by atoms with Gasteiger partial charge in [-0.2, -0.15) is 0 Å². The van der Waals surface area contributed by atoms with Gasteiger partial charge in [-0.3, -0.25) is 0 Å². The highest BCUT2D eigenvalue weighted by Gasteiger charge is 2.13. The molecule has 2 rings (SSSR count). The van der Waals surface area contributed by atoms with E-state index in [1.807, 2.05) is 36.0 Å². The van der Waals surface area contributed by atoms with Gasteiger partial charge >= 0.3 is 0 Å². The van der Waals surface area contributed by atoms with Gasteiger partial charge in [-0.25, -0.2) is 4.98 Å². The van der Waals surface area contributed by atoms with Crippen LogP contribution < -0.4 is 5.73 Å². The first kappa shape index (κ1) is 12.6. The molecule has 0 aliphatic rings. The van der Waals surface area contributed by atoms with Gasteiger partial charge in [0, 0.05) is 41.4 Å². The topological polar surface area (TPSA) is 43.8 Å². The molecule has 2 aromatic rings. The van der Waals surface area contributed by atoms with E-state index in [2.05, 4.69) is 20.9 Å². The van der Waals surface area contributed by atoms with Crippen molar-refractivity contribution < 1.29 is 0 Å². The maximum atomic E-state index is 6.18. The summed E-state index contributed by atoms with van der Waals surface area (Å²) in [7, 11) is 1.96. The maximum Gasteiger partial charge on any atom is 0.110 e. The highest BCUT2D eigenvalue weighted by Crippen LogP contribution is 2.27. The maximum absolute atomic E-state index is 6.18. The van der Waals surface area contributed by atoms with E-state index in [0.29, 0.717) is 11.4 Å². The summed E-state index contributed by atoms with van der Waals surface area (Å²) in [5.74, 6) is 0.962. The van der Waals surface area contributed by atoms with E-state index >= 15 is 0 Å². The largest absolute Gasteiger partial charge is 0.338 e. The minimum Gasteiger partial charge on any atom is -0.338 e. The van der Waals surface area contributed by atoms with Crippen LogP contribution in [0.1, 0.15) is 17.4 Å². The van der Waals surface area contributed by atoms with Crippen molar-refractivity contribution in [2.45, 2.75) is 12.5 Å². The molecule has 90 valence electrons. The first-order valence-corrected chi connectivity index (χ1v) is 6.41. The molecule has 1 aromatic carbocycles. The Morgan fingerprint density at radius 3 is 2.94 bits per heavy atom. The summed E-state index contributed by atoms with van der Waals surface area (Å²) in [6.45, 7) is 0. The number of rotatable bonds is 3. The molecule has 1 unspecified atom stereocenters. The van der Waals surface area contributed by atoms with Crippen LogP contribution in [-0.2, 0) is 13.5 Å². The Labute approximate surface area is 114 Å². The monoisotopic (exact) mass is 313 g/mol. The Morgan fingerprint density at radius 2 is 2.29 bits per heavy atom. The fourth-order valence-corrected chi connectivity index (χ4v) is 2.42. The van der Waals surface area contributed by atoms with Gasteiger partial charge in [-0.05, 0) is 23.8 Å². The second-order valence-electron chi connectivity index (χ2n) is 3.93. The molecule has 1 aromatic heterocycles. The number of halogens is 2. The van der Waals surface area contributed by atoms with Crippen LogP contribution in [0, 0.1) is 0 Å². The standard InChI is InChI=1S/C12H13BrClN3/c1-17-5-4-16-12(17)7-11(15)9-6-8(14)2-3-10(9)13/h2-6,11H,7,15H2,1H3. The van der Waals surface area contributed by atoms with Gasteiger partial charge in [0.05, 0.1) is 0 Å². The number of imidazole rings is 1. The summed E-state index contributed by atoms with van der Waals surface area (Å²) < 4.78 is 2.95. The van der Waals surface area contributed by atoms with Gasteiger partial charge in [0.2, 0.25) is 0 Å². The average molecular weight is 315 g/mol. The van der Waals surface area contributed by atoms with Crippen molar-refractivity contribution in [3.05, 3.63) is 51.5 Å². The number of nitrogens with two attached hydrogens (primary N) is 1. The second kappa shape index (κ2) is 5.21. The van der Waals surface area contributed by atoms with Crippen LogP contribution in [0.25, 0.3) is 0 Å². The van der Waals surface area contributed by atoms with E-state index in [1.165, 1.54) is 0 Å². The van der Waals surface area contributed by atoms with Crippen molar-refractivity contribution in [1.82, 2.24) is 9.55 Å². The smallest absolute Gasteiger partial charge is 0.110 e. The highest BCUT2D eigenvalue weighted by molar-refractivity contribution is 9.10. The minimum atomic E-state index is -0.121. The summed E-state index contributed by atoms with van der Waals surface area (Å²) in [5.41, 5.74) is 7.18. The Morgan fingerprint density at radius 1 is 1.53 bits per heavy atom. The van der Waals surface area contributed by atoms with Crippen LogP contribution in [0.5, 0.6) is 0 Å². The molecule has 0 saturated heterocycles. The fraction of sp³-hybridized carbons (Fsp3) is 0.250. The Balaban J connectivity index is 2.23. The van der Waals surface area contributed by atoms with E-state index in [0.717, 1.165) is 15.9 Å². The molecule has 0 aliphatic carbocycles. The molecule has 0 aliphatic heterocycles. The lowest BCUT2D eigenvalue weighted by Crippen LogP contribution is -2.16. The van der Waals surface area contributed by atoms with Crippen LogP contribution in [0.15, 0.2) is 35.1 Å². The van der Waals surface area contributed by atoms with Crippen molar-refractivity contribution in [1.29, 1.82) is 0 Å². The zero-order valence-corrected chi connectivity index (χ0v) is 11.7. The van der Waals surface area contributed by atoms with E-state index in [9.17, 15) is 0 Å². The van der Waals surface area contributed by atoms with Gasteiger partial charge < -0.3 is 10.3 Å². The predicted molar refractivity (Wildman–Crippen MR) is 73.0 cm³/mol. The SMILES string of the molecule is Cn1ccnc1CC(N)c1cc(Cl)ccc1Br. The van der Waals surface area contributed by atoms with Gasteiger partial charge in [0.15, 0.2) is 0 Å². The molecule has 0 amide bonds. The summed E-state index contributed by atoms with van der Waals surface area (Å²) in [5, 5.41) is 0.693. The number of hydrogen-bond acceptors (Lipinski definition) is 2. The molecule has 1 heterocycles. The zero-order valence-electron chi connectivity index (χ0n) is 9.40. The van der Waals surface area contributed by atoms with E-state index < -0.39 is 0 Å². The van der Waals surface area contributed by atoms with Crippen molar-refractivity contribution in [3.63, 3.8) is 0 Å². The van der Waals surface area contributed by atoms with Crippen molar-refractivity contribution in [3.8, 4) is 0 Å². The van der Waals surface area contributed by atoms with E-state index in [1.54, 1.807) is 6.20 Å². The van der Waals surface area contributed by atoms with Gasteiger partial charge in [-0.1, -0.05) is 27.5 Å². The summed E-state index contributed by atoms with van der Waals surface area (Å²) in [6.07, 6.45) is 4.37. The molecule has 0 saturated carbocycles. The molecule has 17 heavy (non-hydrogen) atoms. The molecule has 2 N–H and O–H groups in total. The van der Waals surface area contributed by atoms with Crippen LogP contribution >= 0.6 is 27.5 Å². The molecule has 5 heteroatoms. The first-order chi connectivity index (χ1) is 8.08. The second-order valence-corrected chi connectivity index (χ2v) is 5.22. The Bertz CT molecular complexity index is 524. The first-order valence-electron chi connectivity index (χ1n) is 5.24. The van der Waals surface area contributed by atoms with Crippen molar-refractivity contribution in [2.75, 3.05) is 0 Å². The van der Waals surface area contributed by atoms with Gasteiger partial charge in [-0.15, -0.1) is 0 Å². The molecule has 0 radical (unpaired) electrons. The molecule has 0 bridgehead atoms. The fourth-order valence-electron chi connectivity index (χ4n) is 1.70. The lowest BCUT2D eigenvalue weighted by molar-refractivity contribution is 0.657. The molecule has 1 atom stereocenters. The van der Waals surface area contributed by atoms with Crippen LogP contribution in [0.3, 0.4) is 0 Å². The normalized spacial score (nSPS) is 12.7. The van der Waals surface area contributed by atoms with Crippen LogP contribution in [0.4, 0.5) is 0 Å². The van der Waals surface area contributed by atoms with Crippen LogP contribution in [0.2, 0.25) is 5.02 Å². The molecule has 3 nitrogen and oxygen atoms in total. The molecule has 0 fully saturated rings. The molecule has 0 spiro atoms. The highest BCUT2D eigenvalue weighted by atomic mass is 79.9. The predicted octanol–water partition coefficient (Wildman–Crippen LogP) is 3.08. The third kappa shape index (κ3) is 2.89. The number of benzene rings is 1. The number of aryl methyl sites for hydroxylation is 1. The van der Waals surface area contributed by atoms with Crippen LogP contribution in [-0.4, -0.2) is 9.55 Å². The minimum absolute atomic E-state index is 0.121. The third-order valence-electron chi connectivity index (χ3n) is 2.68. The van der Waals surface area contributed by atoms with E-state index in [-0.39, 0.29) is 6.04 Å². The Hall–Kier alpha value is -0.840. The number of nitrogens with zero attached hydrogens (tertiary/aromatic N) is 2. The lowest BCUT2D eigenvalue weighted by atomic mass is 10.0. The summed E-state index contributed by atoms with van der Waals surface area (Å²) in [4.78, 5) is 4.27. The summed E-state index contributed by atoms with van der Waals surface area (Å²) in [6, 6.07) is 5.52. The third-order valence-corrected chi connectivity index (χ3v) is 3.64. The van der Waals surface area contributed by atoms with E-state index in [4.69, 9.17) is 17.3 Å². The van der Waals surface area contributed by atoms with Crippen molar-refractivity contribution in [2.24, 2.45) is 12.8 Å².